The summed E-state index contributed by atoms with van der Waals surface area (Å²) in [6, 6.07) is 3.53. The van der Waals surface area contributed by atoms with Crippen LogP contribution in [0.4, 0.5) is 5.69 Å². The second-order valence-corrected chi connectivity index (χ2v) is 7.41. The van der Waals surface area contributed by atoms with Gasteiger partial charge in [-0.25, -0.2) is 13.4 Å². The number of aromatic nitrogens is 1. The quantitative estimate of drug-likeness (QED) is 0.905. The maximum atomic E-state index is 12.7. The lowest BCUT2D eigenvalue weighted by molar-refractivity contribution is 0.461. The van der Waals surface area contributed by atoms with Crippen molar-refractivity contribution >= 4 is 15.7 Å². The molecule has 1 N–H and O–H groups in total. The zero-order valence-corrected chi connectivity index (χ0v) is 13.2. The van der Waals surface area contributed by atoms with Gasteiger partial charge in [-0.05, 0) is 30.4 Å². The predicted octanol–water partition coefficient (Wildman–Crippen LogP) is 2.18. The van der Waals surface area contributed by atoms with E-state index in [0.717, 1.165) is 13.0 Å². The number of anilines is 1. The predicted molar refractivity (Wildman–Crippen MR) is 80.1 cm³/mol. The fourth-order valence-corrected chi connectivity index (χ4v) is 4.11. The van der Waals surface area contributed by atoms with E-state index in [9.17, 15) is 8.42 Å². The third kappa shape index (κ3) is 2.96. The van der Waals surface area contributed by atoms with Crippen molar-refractivity contribution in [2.75, 3.05) is 25.0 Å². The Labute approximate surface area is 121 Å². The highest BCUT2D eigenvalue weighted by molar-refractivity contribution is 7.89. The standard InChI is InChI=1S/C14H23N3O2S/c1-4-7-15-13-6-5-8-16-14(13)20(18,19)17-9-11(2)12(3)10-17/h5-6,8,11-12,15H,4,7,9-10H2,1-3H3. The molecule has 1 aliphatic heterocycles. The van der Waals surface area contributed by atoms with Crippen LogP contribution >= 0.6 is 0 Å². The Morgan fingerprint density at radius 3 is 2.60 bits per heavy atom. The zero-order chi connectivity index (χ0) is 14.8. The first kappa shape index (κ1) is 15.3. The van der Waals surface area contributed by atoms with Crippen LogP contribution in [0.3, 0.4) is 0 Å². The summed E-state index contributed by atoms with van der Waals surface area (Å²) in [7, 11) is -3.51. The number of hydrogen-bond donors (Lipinski definition) is 1. The maximum absolute atomic E-state index is 12.7. The van der Waals surface area contributed by atoms with Crippen LogP contribution in [0, 0.1) is 11.8 Å². The molecule has 0 aromatic carbocycles. The molecule has 6 heteroatoms. The second-order valence-electron chi connectivity index (χ2n) is 5.56. The topological polar surface area (TPSA) is 62.3 Å². The first-order valence-electron chi connectivity index (χ1n) is 7.15. The fourth-order valence-electron chi connectivity index (χ4n) is 2.39. The van der Waals surface area contributed by atoms with Gasteiger partial charge in [0.05, 0.1) is 5.69 Å². The van der Waals surface area contributed by atoms with Crippen LogP contribution in [0.25, 0.3) is 0 Å². The molecule has 0 amide bonds. The number of rotatable bonds is 5. The van der Waals surface area contributed by atoms with E-state index in [1.807, 2.05) is 6.92 Å². The average Bonchev–Trinajstić information content (AvgIpc) is 2.77. The third-order valence-corrected chi connectivity index (χ3v) is 5.67. The summed E-state index contributed by atoms with van der Waals surface area (Å²) in [5.41, 5.74) is 0.599. The summed E-state index contributed by atoms with van der Waals surface area (Å²) >= 11 is 0. The van der Waals surface area contributed by atoms with Crippen molar-refractivity contribution in [3.63, 3.8) is 0 Å². The minimum Gasteiger partial charge on any atom is -0.383 e. The Kier molecular flexibility index (Phi) is 4.65. The first-order valence-corrected chi connectivity index (χ1v) is 8.59. The average molecular weight is 297 g/mol. The lowest BCUT2D eigenvalue weighted by Gasteiger charge is -2.18. The van der Waals surface area contributed by atoms with E-state index in [-0.39, 0.29) is 5.03 Å². The molecule has 5 nitrogen and oxygen atoms in total. The molecular weight excluding hydrogens is 274 g/mol. The van der Waals surface area contributed by atoms with Crippen LogP contribution in [0.15, 0.2) is 23.4 Å². The minimum absolute atomic E-state index is 0.148. The van der Waals surface area contributed by atoms with Gasteiger partial charge < -0.3 is 5.32 Å². The Morgan fingerprint density at radius 1 is 1.35 bits per heavy atom. The van der Waals surface area contributed by atoms with Crippen molar-refractivity contribution < 1.29 is 8.42 Å². The third-order valence-electron chi connectivity index (χ3n) is 3.88. The van der Waals surface area contributed by atoms with E-state index in [0.29, 0.717) is 30.6 Å². The molecule has 0 spiro atoms. The van der Waals surface area contributed by atoms with Gasteiger partial charge in [0, 0.05) is 25.8 Å². The summed E-state index contributed by atoms with van der Waals surface area (Å²) in [5, 5.41) is 3.29. The molecular formula is C14H23N3O2S. The Hall–Kier alpha value is -1.14. The smallest absolute Gasteiger partial charge is 0.262 e. The minimum atomic E-state index is -3.51. The summed E-state index contributed by atoms with van der Waals surface area (Å²) in [6.07, 6.45) is 2.47. The molecule has 0 aliphatic carbocycles. The molecule has 0 saturated carbocycles. The van der Waals surface area contributed by atoms with E-state index in [1.54, 1.807) is 16.4 Å². The van der Waals surface area contributed by atoms with Crippen LogP contribution in [0.5, 0.6) is 0 Å². The zero-order valence-electron chi connectivity index (χ0n) is 12.3. The van der Waals surface area contributed by atoms with Gasteiger partial charge in [-0.2, -0.15) is 4.31 Å². The van der Waals surface area contributed by atoms with Crippen molar-refractivity contribution in [3.05, 3.63) is 18.3 Å². The molecule has 1 aromatic heterocycles. The van der Waals surface area contributed by atoms with Gasteiger partial charge >= 0.3 is 0 Å². The van der Waals surface area contributed by atoms with Crippen molar-refractivity contribution in [1.82, 2.24) is 9.29 Å². The molecule has 20 heavy (non-hydrogen) atoms. The van der Waals surface area contributed by atoms with Gasteiger partial charge in [0.25, 0.3) is 10.0 Å². The second kappa shape index (κ2) is 6.10. The highest BCUT2D eigenvalue weighted by Gasteiger charge is 2.36. The molecule has 1 saturated heterocycles. The monoisotopic (exact) mass is 297 g/mol. The summed E-state index contributed by atoms with van der Waals surface area (Å²) in [4.78, 5) is 4.11. The van der Waals surface area contributed by atoms with E-state index in [2.05, 4.69) is 24.1 Å². The Balaban J connectivity index is 2.30. The van der Waals surface area contributed by atoms with Crippen LogP contribution in [-0.4, -0.2) is 37.3 Å². The number of sulfonamides is 1. The van der Waals surface area contributed by atoms with Gasteiger partial charge in [-0.3, -0.25) is 0 Å². The molecule has 1 fully saturated rings. The molecule has 2 rings (SSSR count). The van der Waals surface area contributed by atoms with Crippen molar-refractivity contribution in [1.29, 1.82) is 0 Å². The van der Waals surface area contributed by atoms with E-state index < -0.39 is 10.0 Å². The SMILES string of the molecule is CCCNc1cccnc1S(=O)(=O)N1CC(C)C(C)C1. The highest BCUT2D eigenvalue weighted by atomic mass is 32.2. The maximum Gasteiger partial charge on any atom is 0.262 e. The normalized spacial score (nSPS) is 23.9. The number of nitrogens with zero attached hydrogens (tertiary/aromatic N) is 2. The highest BCUT2D eigenvalue weighted by Crippen LogP contribution is 2.29. The first-order chi connectivity index (χ1) is 9.46. The largest absolute Gasteiger partial charge is 0.383 e. The fraction of sp³-hybridized carbons (Fsp3) is 0.643. The molecule has 1 aliphatic rings. The number of hydrogen-bond acceptors (Lipinski definition) is 4. The Bertz CT molecular complexity index is 549. The van der Waals surface area contributed by atoms with Crippen LogP contribution in [0.2, 0.25) is 0 Å². The van der Waals surface area contributed by atoms with E-state index in [4.69, 9.17) is 0 Å². The van der Waals surface area contributed by atoms with Crippen molar-refractivity contribution in [2.24, 2.45) is 11.8 Å². The van der Waals surface area contributed by atoms with Gasteiger partial charge in [-0.1, -0.05) is 20.8 Å². The van der Waals surface area contributed by atoms with Gasteiger partial charge in [0.2, 0.25) is 0 Å². The van der Waals surface area contributed by atoms with Crippen molar-refractivity contribution in [2.45, 2.75) is 32.2 Å². The number of pyridine rings is 1. The van der Waals surface area contributed by atoms with Gasteiger partial charge in [0.1, 0.15) is 0 Å². The van der Waals surface area contributed by atoms with Crippen LogP contribution in [-0.2, 0) is 10.0 Å². The van der Waals surface area contributed by atoms with E-state index >= 15 is 0 Å². The summed E-state index contributed by atoms with van der Waals surface area (Å²) in [5.74, 6) is 0.779. The molecule has 0 bridgehead atoms. The molecule has 2 unspecified atom stereocenters. The molecule has 2 atom stereocenters. The van der Waals surface area contributed by atoms with Crippen molar-refractivity contribution in [3.8, 4) is 0 Å². The van der Waals surface area contributed by atoms with Gasteiger partial charge in [0.15, 0.2) is 5.03 Å². The van der Waals surface area contributed by atoms with Gasteiger partial charge in [-0.15, -0.1) is 0 Å². The lowest BCUT2D eigenvalue weighted by atomic mass is 10.0. The molecule has 2 heterocycles. The molecule has 0 radical (unpaired) electrons. The summed E-state index contributed by atoms with van der Waals surface area (Å²) in [6.45, 7) is 8.12. The Morgan fingerprint density at radius 2 is 2.00 bits per heavy atom. The van der Waals surface area contributed by atoms with Crippen LogP contribution in [0.1, 0.15) is 27.2 Å². The molecule has 1 aromatic rings. The summed E-state index contributed by atoms with van der Waals surface area (Å²) < 4.78 is 27.0. The van der Waals surface area contributed by atoms with E-state index in [1.165, 1.54) is 6.20 Å². The van der Waals surface area contributed by atoms with Crippen LogP contribution < -0.4 is 5.32 Å². The number of nitrogens with one attached hydrogen (secondary N) is 1. The lowest BCUT2D eigenvalue weighted by Crippen LogP contribution is -2.30. The molecule has 112 valence electrons.